The molecular formula is C27H30N2O4. The van der Waals surface area contributed by atoms with Gasteiger partial charge in [-0.3, -0.25) is 9.59 Å². The molecule has 2 N–H and O–H groups in total. The quantitative estimate of drug-likeness (QED) is 0.445. The van der Waals surface area contributed by atoms with Gasteiger partial charge >= 0.3 is 0 Å². The van der Waals surface area contributed by atoms with E-state index in [4.69, 9.17) is 9.47 Å². The highest BCUT2D eigenvalue weighted by Crippen LogP contribution is 2.38. The Labute approximate surface area is 194 Å². The number of hydrogen-bond acceptors (Lipinski definition) is 4. The fourth-order valence-corrected chi connectivity index (χ4v) is 3.35. The third-order valence-corrected chi connectivity index (χ3v) is 5.28. The lowest BCUT2D eigenvalue weighted by Gasteiger charge is -2.25. The third kappa shape index (κ3) is 5.71. The first-order valence-electron chi connectivity index (χ1n) is 11.0. The van der Waals surface area contributed by atoms with Crippen molar-refractivity contribution in [2.45, 2.75) is 33.1 Å². The molecule has 2 amide bonds. The maximum Gasteiger partial charge on any atom is 0.255 e. The highest BCUT2D eigenvalue weighted by molar-refractivity contribution is 6.06. The van der Waals surface area contributed by atoms with Crippen molar-refractivity contribution in [2.75, 3.05) is 23.8 Å². The summed E-state index contributed by atoms with van der Waals surface area (Å²) in [5.41, 5.74) is 1.61. The summed E-state index contributed by atoms with van der Waals surface area (Å²) in [5.74, 6) is 0.443. The molecule has 0 unspecified atom stereocenters. The van der Waals surface area contributed by atoms with Crippen LogP contribution in [0.3, 0.4) is 0 Å². The van der Waals surface area contributed by atoms with Crippen molar-refractivity contribution < 1.29 is 19.1 Å². The van der Waals surface area contributed by atoms with Gasteiger partial charge in [-0.15, -0.1) is 0 Å². The molecule has 0 aliphatic heterocycles. The number of rotatable bonds is 9. The second kappa shape index (κ2) is 10.7. The first kappa shape index (κ1) is 23.9. The van der Waals surface area contributed by atoms with E-state index in [0.29, 0.717) is 41.7 Å². The number of ether oxygens (including phenoxy) is 2. The van der Waals surface area contributed by atoms with Crippen molar-refractivity contribution in [3.05, 3.63) is 83.9 Å². The minimum absolute atomic E-state index is 0.182. The predicted molar refractivity (Wildman–Crippen MR) is 131 cm³/mol. The molecule has 0 aromatic heterocycles. The van der Waals surface area contributed by atoms with Gasteiger partial charge in [-0.2, -0.15) is 0 Å². The number of nitrogens with one attached hydrogen (secondary N) is 2. The van der Waals surface area contributed by atoms with Gasteiger partial charge in [-0.25, -0.2) is 0 Å². The summed E-state index contributed by atoms with van der Waals surface area (Å²) in [6.07, 6.45) is 0. The molecule has 0 heterocycles. The minimum Gasteiger partial charge on any atom is -0.492 e. The summed E-state index contributed by atoms with van der Waals surface area (Å²) in [6.45, 7) is 8.25. The van der Waals surface area contributed by atoms with Crippen molar-refractivity contribution in [1.82, 2.24) is 0 Å². The lowest BCUT2D eigenvalue weighted by molar-refractivity contribution is -0.120. The van der Waals surface area contributed by atoms with Gasteiger partial charge in [0.15, 0.2) is 0 Å². The summed E-state index contributed by atoms with van der Waals surface area (Å²) >= 11 is 0. The van der Waals surface area contributed by atoms with Gasteiger partial charge in [0.05, 0.1) is 30.0 Å². The summed E-state index contributed by atoms with van der Waals surface area (Å²) in [7, 11) is 0. The van der Waals surface area contributed by atoms with Crippen LogP contribution >= 0.6 is 0 Å². The van der Waals surface area contributed by atoms with Gasteiger partial charge < -0.3 is 20.1 Å². The summed E-state index contributed by atoms with van der Waals surface area (Å²) in [6, 6.07) is 21.9. The molecule has 3 aromatic carbocycles. The lowest BCUT2D eigenvalue weighted by atomic mass is 9.83. The largest absolute Gasteiger partial charge is 0.492 e. The van der Waals surface area contributed by atoms with Crippen molar-refractivity contribution in [3.8, 4) is 11.5 Å². The Morgan fingerprint density at radius 1 is 0.758 bits per heavy atom. The van der Waals surface area contributed by atoms with E-state index in [0.717, 1.165) is 5.56 Å². The zero-order valence-electron chi connectivity index (χ0n) is 19.5. The van der Waals surface area contributed by atoms with E-state index in [2.05, 4.69) is 10.6 Å². The van der Waals surface area contributed by atoms with Crippen LogP contribution in [0.5, 0.6) is 11.5 Å². The van der Waals surface area contributed by atoms with E-state index in [9.17, 15) is 9.59 Å². The molecule has 0 spiro atoms. The van der Waals surface area contributed by atoms with E-state index >= 15 is 0 Å². The Morgan fingerprint density at radius 3 is 1.76 bits per heavy atom. The maximum absolute atomic E-state index is 13.2. The SMILES string of the molecule is CCOc1cc(NC(=O)C(C)(C)c2ccccc2)c(OCC)cc1NC(=O)c1ccccc1. The van der Waals surface area contributed by atoms with Gasteiger partial charge in [0.1, 0.15) is 11.5 Å². The number of anilines is 2. The topological polar surface area (TPSA) is 76.7 Å². The number of benzene rings is 3. The highest BCUT2D eigenvalue weighted by Gasteiger charge is 2.30. The molecule has 0 saturated carbocycles. The third-order valence-electron chi connectivity index (χ3n) is 5.28. The molecule has 6 heteroatoms. The van der Waals surface area contributed by atoms with Crippen LogP contribution in [0.4, 0.5) is 11.4 Å². The van der Waals surface area contributed by atoms with Gasteiger partial charge in [-0.1, -0.05) is 48.5 Å². The Hall–Kier alpha value is -3.80. The van der Waals surface area contributed by atoms with E-state index in [1.807, 2.05) is 64.1 Å². The number of carbonyl (C=O) groups is 2. The van der Waals surface area contributed by atoms with Crippen LogP contribution in [0.1, 0.15) is 43.6 Å². The van der Waals surface area contributed by atoms with E-state index in [1.165, 1.54) is 0 Å². The minimum atomic E-state index is -0.767. The van der Waals surface area contributed by atoms with Gasteiger partial charge in [0.25, 0.3) is 5.91 Å². The zero-order valence-corrected chi connectivity index (χ0v) is 19.5. The molecule has 0 bridgehead atoms. The number of carbonyl (C=O) groups excluding carboxylic acids is 2. The molecule has 0 radical (unpaired) electrons. The molecule has 0 aliphatic carbocycles. The Balaban J connectivity index is 1.93. The predicted octanol–water partition coefficient (Wildman–Crippen LogP) is 5.65. The smallest absolute Gasteiger partial charge is 0.255 e. The Kier molecular flexibility index (Phi) is 7.72. The van der Waals surface area contributed by atoms with Crippen molar-refractivity contribution in [3.63, 3.8) is 0 Å². The fourth-order valence-electron chi connectivity index (χ4n) is 3.35. The Bertz CT molecular complexity index is 1100. The highest BCUT2D eigenvalue weighted by atomic mass is 16.5. The average Bonchev–Trinajstić information content (AvgIpc) is 2.83. The van der Waals surface area contributed by atoms with Crippen LogP contribution in [-0.4, -0.2) is 25.0 Å². The lowest BCUT2D eigenvalue weighted by Crippen LogP contribution is -2.34. The zero-order chi connectivity index (χ0) is 23.8. The van der Waals surface area contributed by atoms with Crippen LogP contribution in [0, 0.1) is 0 Å². The van der Waals surface area contributed by atoms with E-state index in [-0.39, 0.29) is 11.8 Å². The van der Waals surface area contributed by atoms with Crippen molar-refractivity contribution >= 4 is 23.2 Å². The molecule has 172 valence electrons. The second-order valence-electron chi connectivity index (χ2n) is 7.98. The average molecular weight is 447 g/mol. The van der Waals surface area contributed by atoms with Crippen LogP contribution in [0.15, 0.2) is 72.8 Å². The Morgan fingerprint density at radius 2 is 1.24 bits per heavy atom. The molecule has 0 atom stereocenters. The summed E-state index contributed by atoms with van der Waals surface area (Å²) < 4.78 is 11.6. The standard InChI is InChI=1S/C27H30N2O4/c1-5-32-23-18-22(29-26(31)27(3,4)20-15-11-8-12-16-20)24(33-6-2)17-21(23)28-25(30)19-13-9-7-10-14-19/h7-18H,5-6H2,1-4H3,(H,28,30)(H,29,31). The number of hydrogen-bond donors (Lipinski definition) is 2. The first-order chi connectivity index (χ1) is 15.9. The summed E-state index contributed by atoms with van der Waals surface area (Å²) in [5, 5.41) is 5.88. The normalized spacial score (nSPS) is 10.9. The van der Waals surface area contributed by atoms with E-state index < -0.39 is 5.41 Å². The molecule has 0 fully saturated rings. The van der Waals surface area contributed by atoms with E-state index in [1.54, 1.807) is 36.4 Å². The molecule has 0 saturated heterocycles. The van der Waals surface area contributed by atoms with Crippen molar-refractivity contribution in [1.29, 1.82) is 0 Å². The number of amides is 2. The monoisotopic (exact) mass is 446 g/mol. The molecular weight excluding hydrogens is 416 g/mol. The molecule has 33 heavy (non-hydrogen) atoms. The fraction of sp³-hybridized carbons (Fsp3) is 0.259. The van der Waals surface area contributed by atoms with Crippen LogP contribution in [-0.2, 0) is 10.2 Å². The molecule has 0 aliphatic rings. The summed E-state index contributed by atoms with van der Waals surface area (Å²) in [4.78, 5) is 25.9. The van der Waals surface area contributed by atoms with Crippen LogP contribution in [0.2, 0.25) is 0 Å². The van der Waals surface area contributed by atoms with Gasteiger partial charge in [0, 0.05) is 17.7 Å². The molecule has 3 rings (SSSR count). The van der Waals surface area contributed by atoms with Crippen molar-refractivity contribution in [2.24, 2.45) is 0 Å². The van der Waals surface area contributed by atoms with Gasteiger partial charge in [0.2, 0.25) is 5.91 Å². The first-order valence-corrected chi connectivity index (χ1v) is 11.0. The maximum atomic E-state index is 13.2. The van der Waals surface area contributed by atoms with Crippen LogP contribution in [0.25, 0.3) is 0 Å². The second-order valence-corrected chi connectivity index (χ2v) is 7.98. The molecule has 6 nitrogen and oxygen atoms in total. The van der Waals surface area contributed by atoms with Crippen LogP contribution < -0.4 is 20.1 Å². The van der Waals surface area contributed by atoms with Gasteiger partial charge in [-0.05, 0) is 45.4 Å². The molecule has 3 aromatic rings.